The van der Waals surface area contributed by atoms with E-state index < -0.39 is 0 Å². The summed E-state index contributed by atoms with van der Waals surface area (Å²) in [7, 11) is 0. The molecule has 4 rings (SSSR count). The second-order valence-electron chi connectivity index (χ2n) is 7.68. The fraction of sp³-hybridized carbons (Fsp3) is 0.842. The van der Waals surface area contributed by atoms with E-state index in [9.17, 15) is 4.79 Å². The Bertz CT molecular complexity index is 489. The lowest BCUT2D eigenvalue weighted by atomic mass is 10.0. The lowest BCUT2D eigenvalue weighted by Gasteiger charge is -2.22. The second kappa shape index (κ2) is 5.89. The van der Waals surface area contributed by atoms with E-state index in [-0.39, 0.29) is 0 Å². The molecule has 0 aromatic heterocycles. The zero-order valence-corrected chi connectivity index (χ0v) is 13.8. The summed E-state index contributed by atoms with van der Waals surface area (Å²) in [5.41, 5.74) is 0. The maximum atomic E-state index is 12.9. The molecule has 0 radical (unpaired) electrons. The molecule has 4 fully saturated rings. The summed E-state index contributed by atoms with van der Waals surface area (Å²) in [6.45, 7) is 6.92. The maximum Gasteiger partial charge on any atom is 0.226 e. The maximum absolute atomic E-state index is 12.9. The Labute approximate surface area is 134 Å². The summed E-state index contributed by atoms with van der Waals surface area (Å²) in [6, 6.07) is 0. The van der Waals surface area contributed by atoms with Crippen molar-refractivity contribution >= 4 is 5.91 Å². The molecule has 1 saturated heterocycles. The van der Waals surface area contributed by atoms with E-state index in [2.05, 4.69) is 28.6 Å². The third-order valence-electron chi connectivity index (χ3n) is 6.53. The summed E-state index contributed by atoms with van der Waals surface area (Å²) in [5.74, 6) is 10.7. The quantitative estimate of drug-likeness (QED) is 0.730. The molecule has 1 aliphatic heterocycles. The molecule has 1 heterocycles. The minimum absolute atomic E-state index is 0.415. The average molecular weight is 300 g/mol. The topological polar surface area (TPSA) is 23.6 Å². The van der Waals surface area contributed by atoms with Crippen LogP contribution in [0.25, 0.3) is 0 Å². The van der Waals surface area contributed by atoms with Crippen molar-refractivity contribution in [3.63, 3.8) is 0 Å². The summed E-state index contributed by atoms with van der Waals surface area (Å²) >= 11 is 0. The number of hydrogen-bond donors (Lipinski definition) is 0. The SMILES string of the molecule is CCC#CCN1CCCN(C(=O)C2[C@@H]3[C@H]4CC[C@H](C4)[C@H]23)CC1. The highest BCUT2D eigenvalue weighted by molar-refractivity contribution is 5.83. The zero-order chi connectivity index (χ0) is 15.1. The first kappa shape index (κ1) is 14.6. The smallest absolute Gasteiger partial charge is 0.226 e. The molecule has 5 atom stereocenters. The van der Waals surface area contributed by atoms with Crippen molar-refractivity contribution in [3.05, 3.63) is 0 Å². The van der Waals surface area contributed by atoms with Crippen molar-refractivity contribution in [1.82, 2.24) is 9.80 Å². The van der Waals surface area contributed by atoms with Crippen LogP contribution in [-0.4, -0.2) is 48.4 Å². The number of nitrogens with zero attached hydrogens (tertiary/aromatic N) is 2. The molecule has 2 bridgehead atoms. The van der Waals surface area contributed by atoms with Crippen LogP contribution in [-0.2, 0) is 4.79 Å². The van der Waals surface area contributed by atoms with Crippen LogP contribution in [0.1, 0.15) is 39.0 Å². The zero-order valence-electron chi connectivity index (χ0n) is 13.8. The summed E-state index contributed by atoms with van der Waals surface area (Å²) in [6.07, 6.45) is 6.28. The molecule has 4 aliphatic rings. The fourth-order valence-electron chi connectivity index (χ4n) is 5.51. The monoisotopic (exact) mass is 300 g/mol. The van der Waals surface area contributed by atoms with E-state index >= 15 is 0 Å². The van der Waals surface area contributed by atoms with E-state index in [0.29, 0.717) is 11.8 Å². The molecule has 3 heteroatoms. The first-order valence-corrected chi connectivity index (χ1v) is 9.26. The number of hydrogen-bond acceptors (Lipinski definition) is 2. The van der Waals surface area contributed by atoms with E-state index in [1.807, 2.05) is 0 Å². The van der Waals surface area contributed by atoms with E-state index in [0.717, 1.165) is 69.2 Å². The Balaban J connectivity index is 1.31. The highest BCUT2D eigenvalue weighted by Crippen LogP contribution is 2.69. The standard InChI is InChI=1S/C19H28N2O/c1-2-3-4-8-20-9-5-10-21(12-11-20)19(22)18-16-14-6-7-15(13-14)17(16)18/h14-18H,2,5-13H2,1H3/t14-,15+,16+,17-,18?. The minimum atomic E-state index is 0.415. The van der Waals surface area contributed by atoms with Crippen molar-refractivity contribution in [3.8, 4) is 11.8 Å². The van der Waals surface area contributed by atoms with Gasteiger partial charge in [0.25, 0.3) is 0 Å². The Morgan fingerprint density at radius 3 is 2.55 bits per heavy atom. The van der Waals surface area contributed by atoms with Gasteiger partial charge in [-0.25, -0.2) is 0 Å². The van der Waals surface area contributed by atoms with Crippen LogP contribution in [0.3, 0.4) is 0 Å². The first-order valence-electron chi connectivity index (χ1n) is 9.26. The Hall–Kier alpha value is -1.01. The normalized spacial score (nSPS) is 39.9. The predicted octanol–water partition coefficient (Wildman–Crippen LogP) is 2.23. The number of fused-ring (bicyclic) bond motifs is 5. The average Bonchev–Trinajstić information content (AvgIpc) is 3.08. The van der Waals surface area contributed by atoms with Crippen LogP contribution >= 0.6 is 0 Å². The lowest BCUT2D eigenvalue weighted by Crippen LogP contribution is -2.37. The molecule has 3 nitrogen and oxygen atoms in total. The van der Waals surface area contributed by atoms with Gasteiger partial charge < -0.3 is 4.90 Å². The largest absolute Gasteiger partial charge is 0.341 e. The van der Waals surface area contributed by atoms with Gasteiger partial charge in [0, 0.05) is 38.5 Å². The summed E-state index contributed by atoms with van der Waals surface area (Å²) in [4.78, 5) is 17.5. The number of amides is 1. The van der Waals surface area contributed by atoms with Crippen LogP contribution in [0.5, 0.6) is 0 Å². The highest BCUT2D eigenvalue weighted by Gasteiger charge is 2.67. The number of rotatable bonds is 2. The van der Waals surface area contributed by atoms with Gasteiger partial charge in [-0.15, -0.1) is 5.92 Å². The van der Waals surface area contributed by atoms with Crippen molar-refractivity contribution in [2.45, 2.75) is 39.0 Å². The molecule has 0 N–H and O–H groups in total. The Morgan fingerprint density at radius 2 is 1.82 bits per heavy atom. The van der Waals surface area contributed by atoms with E-state index in [4.69, 9.17) is 0 Å². The second-order valence-corrected chi connectivity index (χ2v) is 7.68. The molecule has 3 saturated carbocycles. The highest BCUT2D eigenvalue weighted by atomic mass is 16.2. The number of carbonyl (C=O) groups is 1. The van der Waals surface area contributed by atoms with Crippen molar-refractivity contribution < 1.29 is 4.79 Å². The minimum Gasteiger partial charge on any atom is -0.341 e. The van der Waals surface area contributed by atoms with Crippen LogP contribution in [0.2, 0.25) is 0 Å². The number of carbonyl (C=O) groups excluding carboxylic acids is 1. The molecule has 22 heavy (non-hydrogen) atoms. The van der Waals surface area contributed by atoms with Gasteiger partial charge in [-0.2, -0.15) is 0 Å². The van der Waals surface area contributed by atoms with Crippen LogP contribution in [0.4, 0.5) is 0 Å². The summed E-state index contributed by atoms with van der Waals surface area (Å²) < 4.78 is 0. The summed E-state index contributed by atoms with van der Waals surface area (Å²) in [5, 5.41) is 0. The molecule has 3 aliphatic carbocycles. The molecule has 120 valence electrons. The molecular weight excluding hydrogens is 272 g/mol. The molecule has 0 spiro atoms. The van der Waals surface area contributed by atoms with Crippen LogP contribution in [0, 0.1) is 41.4 Å². The molecule has 1 unspecified atom stereocenters. The van der Waals surface area contributed by atoms with Gasteiger partial charge in [-0.1, -0.05) is 12.8 Å². The van der Waals surface area contributed by atoms with Crippen LogP contribution in [0.15, 0.2) is 0 Å². The fourth-order valence-corrected chi connectivity index (χ4v) is 5.51. The molecular formula is C19H28N2O. The van der Waals surface area contributed by atoms with Gasteiger partial charge in [-0.3, -0.25) is 9.69 Å². The van der Waals surface area contributed by atoms with Crippen molar-refractivity contribution in [2.24, 2.45) is 29.6 Å². The molecule has 0 aromatic rings. The van der Waals surface area contributed by atoms with Crippen molar-refractivity contribution in [1.29, 1.82) is 0 Å². The Morgan fingerprint density at radius 1 is 1.05 bits per heavy atom. The van der Waals surface area contributed by atoms with E-state index in [1.165, 1.54) is 19.3 Å². The third kappa shape index (κ3) is 2.46. The van der Waals surface area contributed by atoms with Gasteiger partial charge in [-0.05, 0) is 49.4 Å². The Kier molecular flexibility index (Phi) is 3.90. The van der Waals surface area contributed by atoms with Gasteiger partial charge in [0.15, 0.2) is 0 Å². The van der Waals surface area contributed by atoms with Crippen molar-refractivity contribution in [2.75, 3.05) is 32.7 Å². The van der Waals surface area contributed by atoms with Gasteiger partial charge in [0.1, 0.15) is 0 Å². The van der Waals surface area contributed by atoms with E-state index in [1.54, 1.807) is 0 Å². The van der Waals surface area contributed by atoms with Gasteiger partial charge >= 0.3 is 0 Å². The molecule has 0 aromatic carbocycles. The van der Waals surface area contributed by atoms with Gasteiger partial charge in [0.05, 0.1) is 6.54 Å². The first-order chi connectivity index (χ1) is 10.8. The third-order valence-corrected chi connectivity index (χ3v) is 6.53. The van der Waals surface area contributed by atoms with Crippen LogP contribution < -0.4 is 0 Å². The lowest BCUT2D eigenvalue weighted by molar-refractivity contribution is -0.133. The van der Waals surface area contributed by atoms with Gasteiger partial charge in [0.2, 0.25) is 5.91 Å². The molecule has 1 amide bonds. The predicted molar refractivity (Wildman–Crippen MR) is 87.0 cm³/mol.